The van der Waals surface area contributed by atoms with Crippen LogP contribution in [0, 0.1) is 0 Å². The van der Waals surface area contributed by atoms with Crippen molar-refractivity contribution >= 4 is 11.5 Å². The Hall–Kier alpha value is -2.17. The van der Waals surface area contributed by atoms with E-state index in [1.54, 1.807) is 4.68 Å². The highest BCUT2D eigenvalue weighted by molar-refractivity contribution is 6.00. The van der Waals surface area contributed by atoms with Gasteiger partial charge < -0.3 is 5.32 Å². The van der Waals surface area contributed by atoms with E-state index in [1.807, 2.05) is 38.1 Å². The van der Waals surface area contributed by atoms with Gasteiger partial charge in [-0.15, -0.1) is 0 Å². The number of aromatic nitrogens is 3. The zero-order chi connectivity index (χ0) is 13.4. The maximum atomic E-state index is 12.6. The lowest BCUT2D eigenvalue weighted by molar-refractivity contribution is 0.0948. The van der Waals surface area contributed by atoms with E-state index in [0.29, 0.717) is 12.4 Å². The molecule has 98 valence electrons. The molecule has 1 aromatic carbocycles. The molecule has 1 aromatic heterocycles. The zero-order valence-electron chi connectivity index (χ0n) is 11.0. The monoisotopic (exact) mass is 256 g/mol. The minimum absolute atomic E-state index is 0.0312. The fourth-order valence-corrected chi connectivity index (χ4v) is 2.48. The molecule has 0 amide bonds. The maximum absolute atomic E-state index is 12.6. The number of rotatable bonds is 3. The molecule has 0 bridgehead atoms. The average molecular weight is 256 g/mol. The molecule has 19 heavy (non-hydrogen) atoms. The lowest BCUT2D eigenvalue weighted by atomic mass is 9.96. The van der Waals surface area contributed by atoms with E-state index in [2.05, 4.69) is 15.4 Å². The summed E-state index contributed by atoms with van der Waals surface area (Å²) in [7, 11) is 0. The summed E-state index contributed by atoms with van der Waals surface area (Å²) in [6.07, 6.45) is 1.45. The Morgan fingerprint density at radius 3 is 3.00 bits per heavy atom. The topological polar surface area (TPSA) is 59.8 Å². The van der Waals surface area contributed by atoms with Gasteiger partial charge in [0.2, 0.25) is 5.78 Å². The Bertz CT molecular complexity index is 617. The summed E-state index contributed by atoms with van der Waals surface area (Å²) in [6, 6.07) is 8.05. The van der Waals surface area contributed by atoms with Gasteiger partial charge in [0.1, 0.15) is 6.33 Å². The molecule has 0 saturated heterocycles. The number of benzene rings is 1. The third-order valence-corrected chi connectivity index (χ3v) is 3.43. The Balaban J connectivity index is 1.96. The van der Waals surface area contributed by atoms with E-state index in [0.717, 1.165) is 11.3 Å². The number of ketones is 1. The molecule has 2 aromatic rings. The zero-order valence-corrected chi connectivity index (χ0v) is 11.0. The van der Waals surface area contributed by atoms with Crippen molar-refractivity contribution in [2.75, 3.05) is 11.9 Å². The third-order valence-electron chi connectivity index (χ3n) is 3.43. The van der Waals surface area contributed by atoms with Crippen LogP contribution in [0.4, 0.5) is 5.69 Å². The van der Waals surface area contributed by atoms with Crippen LogP contribution >= 0.6 is 0 Å². The van der Waals surface area contributed by atoms with E-state index in [-0.39, 0.29) is 17.7 Å². The van der Waals surface area contributed by atoms with Crippen molar-refractivity contribution in [2.24, 2.45) is 0 Å². The predicted octanol–water partition coefficient (Wildman–Crippen LogP) is 2.25. The first kappa shape index (κ1) is 11.9. The summed E-state index contributed by atoms with van der Waals surface area (Å²) in [5.41, 5.74) is 2.09. The minimum atomic E-state index is -0.169. The van der Waals surface area contributed by atoms with Gasteiger partial charge in [-0.05, 0) is 25.5 Å². The van der Waals surface area contributed by atoms with Crippen LogP contribution in [-0.2, 0) is 0 Å². The summed E-state index contributed by atoms with van der Waals surface area (Å²) in [6.45, 7) is 4.61. The van der Waals surface area contributed by atoms with Gasteiger partial charge in [0.25, 0.3) is 0 Å². The van der Waals surface area contributed by atoms with Crippen molar-refractivity contribution in [1.29, 1.82) is 0 Å². The SMILES string of the molecule is CC(C)n1ncnc1C(=O)C1CNc2ccccc21. The standard InChI is InChI=1S/C14H16N4O/c1-9(2)18-14(16-8-17-18)13(19)11-7-15-12-6-4-3-5-10(11)12/h3-6,8-9,11,15H,7H2,1-2H3. The number of para-hydroxylation sites is 1. The van der Waals surface area contributed by atoms with Gasteiger partial charge in [0.05, 0.1) is 5.92 Å². The number of carbonyl (C=O) groups excluding carboxylic acids is 1. The number of anilines is 1. The van der Waals surface area contributed by atoms with Crippen molar-refractivity contribution in [1.82, 2.24) is 14.8 Å². The third kappa shape index (κ3) is 1.91. The van der Waals surface area contributed by atoms with Gasteiger partial charge in [-0.3, -0.25) is 4.79 Å². The number of hydrogen-bond acceptors (Lipinski definition) is 4. The predicted molar refractivity (Wildman–Crippen MR) is 72.4 cm³/mol. The molecule has 5 nitrogen and oxygen atoms in total. The summed E-state index contributed by atoms with van der Waals surface area (Å²) in [5.74, 6) is 0.306. The molecule has 0 radical (unpaired) electrons. The van der Waals surface area contributed by atoms with Crippen LogP contribution in [0.3, 0.4) is 0 Å². The first-order valence-corrected chi connectivity index (χ1v) is 6.45. The van der Waals surface area contributed by atoms with Gasteiger partial charge in [0, 0.05) is 18.3 Å². The normalized spacial score (nSPS) is 17.3. The molecule has 3 rings (SSSR count). The van der Waals surface area contributed by atoms with Crippen LogP contribution in [0.25, 0.3) is 0 Å². The van der Waals surface area contributed by atoms with Crippen molar-refractivity contribution < 1.29 is 4.79 Å². The van der Waals surface area contributed by atoms with Crippen molar-refractivity contribution in [3.05, 3.63) is 42.0 Å². The molecule has 5 heteroatoms. The van der Waals surface area contributed by atoms with E-state index < -0.39 is 0 Å². The first-order valence-electron chi connectivity index (χ1n) is 6.45. The fraction of sp³-hybridized carbons (Fsp3) is 0.357. The summed E-state index contributed by atoms with van der Waals surface area (Å²) in [4.78, 5) is 16.8. The highest BCUT2D eigenvalue weighted by atomic mass is 16.1. The van der Waals surface area contributed by atoms with Crippen molar-refractivity contribution in [3.8, 4) is 0 Å². The molecular formula is C14H16N4O. The maximum Gasteiger partial charge on any atom is 0.209 e. The second-order valence-corrected chi connectivity index (χ2v) is 5.01. The lowest BCUT2D eigenvalue weighted by Crippen LogP contribution is -2.21. The summed E-state index contributed by atoms with van der Waals surface area (Å²) >= 11 is 0. The molecule has 1 aliphatic heterocycles. The van der Waals surface area contributed by atoms with Gasteiger partial charge in [-0.25, -0.2) is 9.67 Å². The van der Waals surface area contributed by atoms with Crippen LogP contribution in [-0.4, -0.2) is 27.1 Å². The molecular weight excluding hydrogens is 240 g/mol. The molecule has 0 saturated carbocycles. The van der Waals surface area contributed by atoms with Crippen LogP contribution < -0.4 is 5.32 Å². The molecule has 2 heterocycles. The average Bonchev–Trinajstić information content (AvgIpc) is 3.05. The number of hydrogen-bond donors (Lipinski definition) is 1. The minimum Gasteiger partial charge on any atom is -0.384 e. The van der Waals surface area contributed by atoms with E-state index in [4.69, 9.17) is 0 Å². The molecule has 0 aliphatic carbocycles. The highest BCUT2D eigenvalue weighted by Crippen LogP contribution is 2.33. The number of carbonyl (C=O) groups is 1. The summed E-state index contributed by atoms with van der Waals surface area (Å²) < 4.78 is 1.68. The second kappa shape index (κ2) is 4.50. The van der Waals surface area contributed by atoms with Gasteiger partial charge in [-0.1, -0.05) is 18.2 Å². The molecule has 1 aliphatic rings. The molecule has 1 atom stereocenters. The Morgan fingerprint density at radius 1 is 1.42 bits per heavy atom. The molecule has 0 spiro atoms. The quantitative estimate of drug-likeness (QED) is 0.856. The van der Waals surface area contributed by atoms with Gasteiger partial charge in [-0.2, -0.15) is 5.10 Å². The van der Waals surface area contributed by atoms with Crippen LogP contribution in [0.2, 0.25) is 0 Å². The number of Topliss-reactive ketones (excluding diaryl/α,β-unsaturated/α-hetero) is 1. The van der Waals surface area contributed by atoms with E-state index in [1.165, 1.54) is 6.33 Å². The van der Waals surface area contributed by atoms with E-state index >= 15 is 0 Å². The fourth-order valence-electron chi connectivity index (χ4n) is 2.48. The second-order valence-electron chi connectivity index (χ2n) is 5.01. The number of nitrogens with one attached hydrogen (secondary N) is 1. The summed E-state index contributed by atoms with van der Waals surface area (Å²) in [5, 5.41) is 7.39. The number of fused-ring (bicyclic) bond motifs is 1. The molecule has 1 unspecified atom stereocenters. The largest absolute Gasteiger partial charge is 0.384 e. The lowest BCUT2D eigenvalue weighted by Gasteiger charge is -2.12. The van der Waals surface area contributed by atoms with Gasteiger partial charge in [0.15, 0.2) is 5.82 Å². The molecule has 0 fully saturated rings. The number of nitrogens with zero attached hydrogens (tertiary/aromatic N) is 3. The first-order chi connectivity index (χ1) is 9.18. The van der Waals surface area contributed by atoms with Crippen molar-refractivity contribution in [2.45, 2.75) is 25.8 Å². The molecule has 1 N–H and O–H groups in total. The smallest absolute Gasteiger partial charge is 0.209 e. The highest BCUT2D eigenvalue weighted by Gasteiger charge is 2.31. The Labute approximate surface area is 111 Å². The van der Waals surface area contributed by atoms with Crippen LogP contribution in [0.1, 0.15) is 42.0 Å². The Kier molecular flexibility index (Phi) is 2.81. The van der Waals surface area contributed by atoms with Crippen LogP contribution in [0.15, 0.2) is 30.6 Å². The van der Waals surface area contributed by atoms with Crippen LogP contribution in [0.5, 0.6) is 0 Å². The van der Waals surface area contributed by atoms with E-state index in [9.17, 15) is 4.79 Å². The van der Waals surface area contributed by atoms with Crippen molar-refractivity contribution in [3.63, 3.8) is 0 Å². The Morgan fingerprint density at radius 2 is 2.21 bits per heavy atom. The van der Waals surface area contributed by atoms with Gasteiger partial charge >= 0.3 is 0 Å².